The number of carboxylic acid groups (broad SMARTS) is 1. The lowest BCUT2D eigenvalue weighted by atomic mass is 9.95. The molecule has 8 N–H and O–H groups in total. The highest BCUT2D eigenvalue weighted by Crippen LogP contribution is 2.28. The lowest BCUT2D eigenvalue weighted by molar-refractivity contribution is -0.341. The molecule has 2 fully saturated rings. The zero-order chi connectivity index (χ0) is 20.5. The minimum absolute atomic E-state index is 0.651. The van der Waals surface area contributed by atoms with Gasteiger partial charge in [-0.1, -0.05) is 0 Å². The van der Waals surface area contributed by atoms with Gasteiger partial charge in [-0.2, -0.15) is 0 Å². The lowest BCUT2D eigenvalue weighted by Crippen LogP contribution is -2.67. The Hall–Kier alpha value is -1.42. The summed E-state index contributed by atoms with van der Waals surface area (Å²) >= 11 is 0. The summed E-state index contributed by atoms with van der Waals surface area (Å²) in [5, 5.41) is 70.4. The summed E-state index contributed by atoms with van der Waals surface area (Å²) in [6.07, 6.45) is -15.7. The summed E-state index contributed by atoms with van der Waals surface area (Å²) in [4.78, 5) is 22.6. The number of hydrogen-bond acceptors (Lipinski definition) is 11. The van der Waals surface area contributed by atoms with E-state index in [0.717, 1.165) is 6.92 Å². The molecule has 27 heavy (non-hydrogen) atoms. The fourth-order valence-electron chi connectivity index (χ4n) is 2.94. The number of aliphatic hydroxyl groups is 6. The van der Waals surface area contributed by atoms with E-state index < -0.39 is 79.8 Å². The molecular weight excluding hydrogens is 374 g/mol. The van der Waals surface area contributed by atoms with Crippen molar-refractivity contribution in [2.24, 2.45) is 0 Å². The van der Waals surface area contributed by atoms with Gasteiger partial charge >= 0.3 is 5.97 Å². The number of aliphatic carboxylic acids is 1. The van der Waals surface area contributed by atoms with Gasteiger partial charge in [0.2, 0.25) is 5.91 Å². The van der Waals surface area contributed by atoms with Gasteiger partial charge in [-0.15, -0.1) is 0 Å². The third-order valence-electron chi connectivity index (χ3n) is 4.35. The molecule has 0 bridgehead atoms. The molecule has 13 heteroatoms. The molecule has 1 amide bonds. The van der Waals surface area contributed by atoms with E-state index in [-0.39, 0.29) is 0 Å². The van der Waals surface area contributed by atoms with E-state index >= 15 is 0 Å². The van der Waals surface area contributed by atoms with Crippen LogP contribution in [0.2, 0.25) is 0 Å². The molecule has 0 aliphatic carbocycles. The maximum atomic E-state index is 11.4. The van der Waals surface area contributed by atoms with E-state index in [2.05, 4.69) is 5.32 Å². The Morgan fingerprint density at radius 2 is 1.63 bits per heavy atom. The van der Waals surface area contributed by atoms with Crippen molar-refractivity contribution in [1.29, 1.82) is 0 Å². The number of carboxylic acids is 1. The first-order valence-corrected chi connectivity index (χ1v) is 8.06. The largest absolute Gasteiger partial charge is 0.479 e. The number of ether oxygens (including phenoxy) is 3. The molecule has 156 valence electrons. The summed E-state index contributed by atoms with van der Waals surface area (Å²) in [5.41, 5.74) is 0. The molecular formula is C14H23NO12. The topological polar surface area (TPSA) is 215 Å². The molecule has 0 unspecified atom stereocenters. The quantitative estimate of drug-likeness (QED) is 0.218. The van der Waals surface area contributed by atoms with Crippen LogP contribution in [0.1, 0.15) is 6.92 Å². The molecule has 10 atom stereocenters. The van der Waals surface area contributed by atoms with E-state index in [0.29, 0.717) is 0 Å². The molecule has 2 heterocycles. The monoisotopic (exact) mass is 397 g/mol. The highest BCUT2D eigenvalue weighted by molar-refractivity contribution is 5.74. The number of hydrogen-bond donors (Lipinski definition) is 8. The van der Waals surface area contributed by atoms with Crippen LogP contribution in [-0.4, -0.2) is 116 Å². The maximum Gasteiger partial charge on any atom is 0.335 e. The van der Waals surface area contributed by atoms with Crippen molar-refractivity contribution in [2.45, 2.75) is 68.3 Å². The molecule has 2 rings (SSSR count). The van der Waals surface area contributed by atoms with Gasteiger partial charge < -0.3 is 55.3 Å². The number of carbonyl (C=O) groups excluding carboxylic acids is 1. The summed E-state index contributed by atoms with van der Waals surface area (Å²) < 4.78 is 15.3. The highest BCUT2D eigenvalue weighted by Gasteiger charge is 2.52. The van der Waals surface area contributed by atoms with E-state index in [1.807, 2.05) is 0 Å². The Kier molecular flexibility index (Phi) is 7.07. The number of rotatable bonds is 5. The van der Waals surface area contributed by atoms with Gasteiger partial charge in [0, 0.05) is 6.92 Å². The number of carbonyl (C=O) groups is 2. The van der Waals surface area contributed by atoms with Crippen LogP contribution in [0.5, 0.6) is 0 Å². The van der Waals surface area contributed by atoms with Gasteiger partial charge in [-0.3, -0.25) is 4.79 Å². The van der Waals surface area contributed by atoms with Crippen LogP contribution in [0.15, 0.2) is 0 Å². The average molecular weight is 397 g/mol. The Labute approximate surface area is 152 Å². The molecule has 0 aromatic heterocycles. The van der Waals surface area contributed by atoms with Crippen LogP contribution in [-0.2, 0) is 23.8 Å². The third-order valence-corrected chi connectivity index (χ3v) is 4.35. The standard InChI is InChI=1S/C14H23NO12/c1-3(17)15-5-7(19)10(11(12(22)23)26-13(5)24)27-14-9(21)8(20)6(18)4(2-16)25-14/h4-11,13-14,16,18-21,24H,2H2,1H3,(H,15,17)(H,22,23)/t4-,5+,6-,7-,8+,9-,10+,11+,13+,14-/m1/s1. The first-order chi connectivity index (χ1) is 12.6. The molecule has 2 aliphatic heterocycles. The van der Waals surface area contributed by atoms with Crippen molar-refractivity contribution in [3.05, 3.63) is 0 Å². The second-order valence-electron chi connectivity index (χ2n) is 6.30. The fraction of sp³-hybridized carbons (Fsp3) is 0.857. The predicted molar refractivity (Wildman–Crippen MR) is 80.8 cm³/mol. The Morgan fingerprint density at radius 3 is 2.15 bits per heavy atom. The lowest BCUT2D eigenvalue weighted by Gasteiger charge is -2.45. The van der Waals surface area contributed by atoms with Gasteiger partial charge in [-0.25, -0.2) is 4.79 Å². The van der Waals surface area contributed by atoms with Crippen molar-refractivity contribution < 1.29 is 59.5 Å². The van der Waals surface area contributed by atoms with Crippen LogP contribution in [0.3, 0.4) is 0 Å². The molecule has 0 saturated carbocycles. The van der Waals surface area contributed by atoms with E-state index in [1.54, 1.807) is 0 Å². The van der Waals surface area contributed by atoms with Crippen molar-refractivity contribution in [1.82, 2.24) is 5.32 Å². The SMILES string of the molecule is CC(=O)N[C@H]1[C@@H](O)[C@H](O[C@H]2O[C@H](CO)[C@@H](O)[C@H](O)[C@H]2O)[C@@H](C(=O)O)O[C@@H]1O. The van der Waals surface area contributed by atoms with Crippen LogP contribution >= 0.6 is 0 Å². The molecule has 13 nitrogen and oxygen atoms in total. The first kappa shape index (κ1) is 21.9. The number of nitrogens with one attached hydrogen (secondary N) is 1. The molecule has 2 saturated heterocycles. The van der Waals surface area contributed by atoms with Gasteiger partial charge in [0.25, 0.3) is 0 Å². The maximum absolute atomic E-state index is 11.4. The average Bonchev–Trinajstić information content (AvgIpc) is 2.60. The minimum Gasteiger partial charge on any atom is -0.479 e. The molecule has 0 aromatic rings. The summed E-state index contributed by atoms with van der Waals surface area (Å²) in [5.74, 6) is -2.27. The van der Waals surface area contributed by atoms with E-state index in [4.69, 9.17) is 14.2 Å². The van der Waals surface area contributed by atoms with Gasteiger partial charge in [0.15, 0.2) is 18.7 Å². The van der Waals surface area contributed by atoms with Crippen LogP contribution < -0.4 is 5.32 Å². The van der Waals surface area contributed by atoms with Crippen LogP contribution in [0, 0.1) is 0 Å². The van der Waals surface area contributed by atoms with E-state index in [1.165, 1.54) is 0 Å². The van der Waals surface area contributed by atoms with Crippen molar-refractivity contribution in [2.75, 3.05) is 6.61 Å². The zero-order valence-corrected chi connectivity index (χ0v) is 14.2. The Morgan fingerprint density at radius 1 is 1.00 bits per heavy atom. The summed E-state index contributed by atoms with van der Waals surface area (Å²) in [6, 6.07) is -1.45. The fourth-order valence-corrected chi connectivity index (χ4v) is 2.94. The van der Waals surface area contributed by atoms with Crippen molar-refractivity contribution in [3.63, 3.8) is 0 Å². The number of amides is 1. The molecule has 0 aromatic carbocycles. The summed E-state index contributed by atoms with van der Waals surface area (Å²) in [6.45, 7) is 0.348. The molecule has 2 aliphatic rings. The normalized spacial score (nSPS) is 45.3. The smallest absolute Gasteiger partial charge is 0.335 e. The summed E-state index contributed by atoms with van der Waals surface area (Å²) in [7, 11) is 0. The number of aliphatic hydroxyl groups excluding tert-OH is 6. The first-order valence-electron chi connectivity index (χ1n) is 8.06. The minimum atomic E-state index is -1.91. The van der Waals surface area contributed by atoms with Crippen molar-refractivity contribution >= 4 is 11.9 Å². The molecule has 0 spiro atoms. The zero-order valence-electron chi connectivity index (χ0n) is 14.2. The second-order valence-corrected chi connectivity index (χ2v) is 6.30. The Balaban J connectivity index is 2.23. The molecule has 0 radical (unpaired) electrons. The third kappa shape index (κ3) is 4.53. The Bertz CT molecular complexity index is 544. The second kappa shape index (κ2) is 8.72. The predicted octanol–water partition coefficient (Wildman–Crippen LogP) is -5.16. The van der Waals surface area contributed by atoms with Gasteiger partial charge in [0.05, 0.1) is 6.61 Å². The van der Waals surface area contributed by atoms with Gasteiger partial charge in [-0.05, 0) is 0 Å². The van der Waals surface area contributed by atoms with E-state index in [9.17, 15) is 45.3 Å². The van der Waals surface area contributed by atoms with Crippen molar-refractivity contribution in [3.8, 4) is 0 Å². The van der Waals surface area contributed by atoms with Gasteiger partial charge in [0.1, 0.15) is 42.7 Å². The van der Waals surface area contributed by atoms with Crippen LogP contribution in [0.25, 0.3) is 0 Å². The van der Waals surface area contributed by atoms with Crippen LogP contribution in [0.4, 0.5) is 0 Å². The highest BCUT2D eigenvalue weighted by atomic mass is 16.7.